The van der Waals surface area contributed by atoms with Gasteiger partial charge in [0.25, 0.3) is 0 Å². The van der Waals surface area contributed by atoms with Crippen molar-refractivity contribution < 1.29 is 4.74 Å². The number of para-hydroxylation sites is 1. The fourth-order valence-corrected chi connectivity index (χ4v) is 9.11. The zero-order valence-electron chi connectivity index (χ0n) is 30.1. The van der Waals surface area contributed by atoms with Crippen molar-refractivity contribution in [2.24, 2.45) is 0 Å². The molecule has 0 saturated heterocycles. The number of ether oxygens (including phenoxy) is 1. The largest absolute Gasteiger partial charge is 0.457 e. The van der Waals surface area contributed by atoms with E-state index in [9.17, 15) is 0 Å². The lowest BCUT2D eigenvalue weighted by molar-refractivity contribution is 0.436. The zero-order chi connectivity index (χ0) is 36.3. The zero-order valence-corrected chi connectivity index (χ0v) is 30.1. The van der Waals surface area contributed by atoms with Crippen molar-refractivity contribution in [2.45, 2.75) is 5.41 Å². The van der Waals surface area contributed by atoms with E-state index in [4.69, 9.17) is 4.74 Å². The second kappa shape index (κ2) is 12.5. The molecule has 0 aromatic heterocycles. The van der Waals surface area contributed by atoms with Crippen molar-refractivity contribution in [2.75, 3.05) is 4.90 Å². The highest BCUT2D eigenvalue weighted by atomic mass is 16.5. The lowest BCUT2D eigenvalue weighted by atomic mass is 9.65. The van der Waals surface area contributed by atoms with Gasteiger partial charge in [-0.15, -0.1) is 0 Å². The maximum absolute atomic E-state index is 6.84. The number of hydrogen-bond acceptors (Lipinski definition) is 2. The third kappa shape index (κ3) is 4.82. The molecule has 258 valence electrons. The number of fused-ring (bicyclic) bond motifs is 10. The Morgan fingerprint density at radius 3 is 1.73 bits per heavy atom. The Balaban J connectivity index is 1.23. The summed E-state index contributed by atoms with van der Waals surface area (Å²) in [4.78, 5) is 2.46. The van der Waals surface area contributed by atoms with Crippen LogP contribution in [0.4, 0.5) is 17.1 Å². The maximum atomic E-state index is 6.84. The Labute approximate surface area is 321 Å². The molecule has 0 fully saturated rings. The molecule has 2 aliphatic rings. The molecule has 9 aromatic carbocycles. The predicted molar refractivity (Wildman–Crippen MR) is 227 cm³/mol. The first-order valence-corrected chi connectivity index (χ1v) is 18.9. The number of anilines is 3. The van der Waals surface area contributed by atoms with Crippen LogP contribution in [-0.4, -0.2) is 0 Å². The number of benzene rings is 9. The number of nitrogens with zero attached hydrogens (tertiary/aromatic N) is 1. The van der Waals surface area contributed by atoms with E-state index in [-0.39, 0.29) is 0 Å². The Morgan fingerprint density at radius 1 is 0.345 bits per heavy atom. The van der Waals surface area contributed by atoms with E-state index in [2.05, 4.69) is 217 Å². The predicted octanol–water partition coefficient (Wildman–Crippen LogP) is 14.1. The molecule has 0 bridgehead atoms. The van der Waals surface area contributed by atoms with Gasteiger partial charge in [-0.1, -0.05) is 164 Å². The van der Waals surface area contributed by atoms with Crippen LogP contribution in [0.1, 0.15) is 22.3 Å². The minimum Gasteiger partial charge on any atom is -0.457 e. The summed E-state index contributed by atoms with van der Waals surface area (Å²) < 4.78 is 6.84. The normalized spacial score (nSPS) is 14.8. The van der Waals surface area contributed by atoms with E-state index in [1.807, 2.05) is 0 Å². The van der Waals surface area contributed by atoms with E-state index < -0.39 is 5.41 Å². The topological polar surface area (TPSA) is 12.5 Å². The van der Waals surface area contributed by atoms with Crippen LogP contribution in [0.2, 0.25) is 0 Å². The van der Waals surface area contributed by atoms with E-state index in [1.165, 1.54) is 49.7 Å². The average molecular weight is 702 g/mol. The van der Waals surface area contributed by atoms with Crippen molar-refractivity contribution >= 4 is 27.8 Å². The first kappa shape index (κ1) is 31.4. The summed E-state index contributed by atoms with van der Waals surface area (Å²) in [5.74, 6) is 1.75. The monoisotopic (exact) mass is 701 g/mol. The molecule has 0 saturated carbocycles. The van der Waals surface area contributed by atoms with Gasteiger partial charge in [0.2, 0.25) is 0 Å². The Hall–Kier alpha value is -7.16. The van der Waals surface area contributed by atoms with Gasteiger partial charge in [0.05, 0.1) is 11.1 Å². The van der Waals surface area contributed by atoms with Crippen LogP contribution >= 0.6 is 0 Å². The molecule has 1 spiro atoms. The number of rotatable bonds is 5. The van der Waals surface area contributed by atoms with Gasteiger partial charge in [-0.3, -0.25) is 0 Å². The van der Waals surface area contributed by atoms with Crippen molar-refractivity contribution in [3.8, 4) is 44.9 Å². The lowest BCUT2D eigenvalue weighted by Gasteiger charge is -2.41. The van der Waals surface area contributed by atoms with E-state index in [0.717, 1.165) is 45.3 Å². The average Bonchev–Trinajstić information content (AvgIpc) is 3.56. The Bertz CT molecular complexity index is 2900. The smallest absolute Gasteiger partial charge is 0.132 e. The molecule has 1 unspecified atom stereocenters. The van der Waals surface area contributed by atoms with Crippen molar-refractivity contribution in [1.82, 2.24) is 0 Å². The third-order valence-electron chi connectivity index (χ3n) is 11.5. The summed E-state index contributed by atoms with van der Waals surface area (Å²) >= 11 is 0. The SMILES string of the molecule is c1ccc(-c2ccc(N(c3ccc4ccccc4c3)c3cccc4c3C3(c5ccccc5Oc5ccc(-c6ccccc6)cc53)c3ccccc3-4)cc2)cc1. The van der Waals surface area contributed by atoms with Crippen LogP contribution in [0.25, 0.3) is 44.2 Å². The van der Waals surface area contributed by atoms with Gasteiger partial charge in [0.1, 0.15) is 11.5 Å². The fraction of sp³-hybridized carbons (Fsp3) is 0.0189. The van der Waals surface area contributed by atoms with E-state index in [0.29, 0.717) is 0 Å². The molecule has 2 nitrogen and oxygen atoms in total. The molecule has 0 radical (unpaired) electrons. The highest BCUT2D eigenvalue weighted by molar-refractivity contribution is 5.97. The molecule has 0 amide bonds. The van der Waals surface area contributed by atoms with Crippen molar-refractivity contribution in [3.05, 3.63) is 235 Å². The van der Waals surface area contributed by atoms with Crippen molar-refractivity contribution in [3.63, 3.8) is 0 Å². The summed E-state index contributed by atoms with van der Waals surface area (Å²) in [6.07, 6.45) is 0. The molecule has 1 aliphatic heterocycles. The van der Waals surface area contributed by atoms with Gasteiger partial charge in [-0.25, -0.2) is 0 Å². The molecule has 55 heavy (non-hydrogen) atoms. The second-order valence-corrected chi connectivity index (χ2v) is 14.5. The molecular weight excluding hydrogens is 667 g/mol. The molecule has 1 atom stereocenters. The second-order valence-electron chi connectivity index (χ2n) is 14.5. The Morgan fingerprint density at radius 2 is 0.927 bits per heavy atom. The third-order valence-corrected chi connectivity index (χ3v) is 11.5. The van der Waals surface area contributed by atoms with Crippen LogP contribution < -0.4 is 9.64 Å². The van der Waals surface area contributed by atoms with Crippen LogP contribution in [0.15, 0.2) is 212 Å². The number of hydrogen-bond donors (Lipinski definition) is 0. The Kier molecular flexibility index (Phi) is 7.11. The van der Waals surface area contributed by atoms with E-state index >= 15 is 0 Å². The van der Waals surface area contributed by atoms with Crippen LogP contribution in [-0.2, 0) is 5.41 Å². The van der Waals surface area contributed by atoms with Gasteiger partial charge in [-0.2, -0.15) is 0 Å². The van der Waals surface area contributed by atoms with Crippen LogP contribution in [0.3, 0.4) is 0 Å². The molecular formula is C53H35NO. The minimum atomic E-state index is -0.670. The standard InChI is InChI=1S/C53H35NO/c1-3-14-36(15-4-1)39-26-30-42(31-27-39)54(43-32-28-38-18-7-8-19-40(38)34-43)49-24-13-21-45-44-20-9-10-22-46(44)53(52(45)49)47-23-11-12-25-50(47)55-51-33-29-41(35-48(51)53)37-16-5-2-6-17-37/h1-35H. The summed E-state index contributed by atoms with van der Waals surface area (Å²) in [7, 11) is 0. The molecule has 1 aliphatic carbocycles. The van der Waals surface area contributed by atoms with Gasteiger partial charge in [0.15, 0.2) is 0 Å². The van der Waals surface area contributed by atoms with Gasteiger partial charge < -0.3 is 9.64 Å². The van der Waals surface area contributed by atoms with Crippen LogP contribution in [0.5, 0.6) is 11.5 Å². The minimum absolute atomic E-state index is 0.670. The van der Waals surface area contributed by atoms with Gasteiger partial charge in [-0.05, 0) is 98.2 Å². The summed E-state index contributed by atoms with van der Waals surface area (Å²) in [6, 6.07) is 77.0. The molecule has 1 heterocycles. The summed E-state index contributed by atoms with van der Waals surface area (Å²) in [6.45, 7) is 0. The fourth-order valence-electron chi connectivity index (χ4n) is 9.11. The highest BCUT2D eigenvalue weighted by Gasteiger charge is 2.53. The first-order chi connectivity index (χ1) is 27.3. The van der Waals surface area contributed by atoms with Gasteiger partial charge in [0, 0.05) is 28.1 Å². The summed E-state index contributed by atoms with van der Waals surface area (Å²) in [5.41, 5.74) is 14.6. The molecule has 2 heteroatoms. The maximum Gasteiger partial charge on any atom is 0.132 e. The van der Waals surface area contributed by atoms with E-state index in [1.54, 1.807) is 0 Å². The van der Waals surface area contributed by atoms with Gasteiger partial charge >= 0.3 is 0 Å². The highest BCUT2D eigenvalue weighted by Crippen LogP contribution is 2.65. The van der Waals surface area contributed by atoms with Crippen molar-refractivity contribution in [1.29, 1.82) is 0 Å². The molecule has 0 N–H and O–H groups in total. The molecule has 11 rings (SSSR count). The van der Waals surface area contributed by atoms with Crippen LogP contribution in [0, 0.1) is 0 Å². The summed E-state index contributed by atoms with van der Waals surface area (Å²) in [5, 5.41) is 2.42. The molecule has 9 aromatic rings. The first-order valence-electron chi connectivity index (χ1n) is 18.9. The lowest BCUT2D eigenvalue weighted by Crippen LogP contribution is -2.33. The quantitative estimate of drug-likeness (QED) is 0.177.